The number of hydrogen-bond acceptors (Lipinski definition) is 2. The minimum absolute atomic E-state index is 0.0505. The van der Waals surface area contributed by atoms with Crippen molar-refractivity contribution in [2.75, 3.05) is 17.2 Å². The molecule has 1 amide bonds. The summed E-state index contributed by atoms with van der Waals surface area (Å²) in [5, 5.41) is 6.34. The number of rotatable bonds is 5. The molecule has 0 aromatic heterocycles. The van der Waals surface area contributed by atoms with E-state index in [1.807, 2.05) is 31.2 Å². The van der Waals surface area contributed by atoms with Crippen LogP contribution in [0.5, 0.6) is 0 Å². The Morgan fingerprint density at radius 3 is 2.89 bits per heavy atom. The van der Waals surface area contributed by atoms with Crippen molar-refractivity contribution in [1.29, 1.82) is 0 Å². The fourth-order valence-corrected chi connectivity index (χ4v) is 2.26. The first kappa shape index (κ1) is 13.7. The molecule has 0 saturated carbocycles. The average molecular weight is 258 g/mol. The molecule has 3 heteroatoms. The lowest BCUT2D eigenvalue weighted by Gasteiger charge is -2.19. The molecular formula is C16H22N2O. The number of hydrogen-bond donors (Lipinski definition) is 2. The molecule has 0 saturated heterocycles. The van der Waals surface area contributed by atoms with Gasteiger partial charge in [0.15, 0.2) is 0 Å². The monoisotopic (exact) mass is 258 g/mol. The SMILES string of the molecule is CCC(=O)Nc1cccc(NCC2CC=CCC2)c1. The predicted molar refractivity (Wildman–Crippen MR) is 80.3 cm³/mol. The molecule has 102 valence electrons. The second kappa shape index (κ2) is 6.98. The van der Waals surface area contributed by atoms with Crippen LogP contribution in [-0.4, -0.2) is 12.5 Å². The highest BCUT2D eigenvalue weighted by atomic mass is 16.1. The number of benzene rings is 1. The summed E-state index contributed by atoms with van der Waals surface area (Å²) in [4.78, 5) is 11.4. The first-order chi connectivity index (χ1) is 9.28. The van der Waals surface area contributed by atoms with Gasteiger partial charge in [-0.3, -0.25) is 4.79 Å². The molecule has 0 bridgehead atoms. The molecule has 1 unspecified atom stereocenters. The summed E-state index contributed by atoms with van der Waals surface area (Å²) >= 11 is 0. The molecule has 2 rings (SSSR count). The normalized spacial score (nSPS) is 18.1. The summed E-state index contributed by atoms with van der Waals surface area (Å²) in [6.07, 6.45) is 8.66. The molecule has 1 aliphatic carbocycles. The van der Waals surface area contributed by atoms with Gasteiger partial charge in [-0.1, -0.05) is 25.1 Å². The van der Waals surface area contributed by atoms with Crippen molar-refractivity contribution in [3.05, 3.63) is 36.4 Å². The van der Waals surface area contributed by atoms with Crippen LogP contribution in [-0.2, 0) is 4.79 Å². The molecule has 1 aliphatic rings. The third kappa shape index (κ3) is 4.43. The topological polar surface area (TPSA) is 41.1 Å². The van der Waals surface area contributed by atoms with Crippen LogP contribution in [0.15, 0.2) is 36.4 Å². The summed E-state index contributed by atoms with van der Waals surface area (Å²) in [5.74, 6) is 0.772. The molecule has 19 heavy (non-hydrogen) atoms. The van der Waals surface area contributed by atoms with Crippen molar-refractivity contribution >= 4 is 17.3 Å². The molecule has 0 radical (unpaired) electrons. The molecule has 3 nitrogen and oxygen atoms in total. The Morgan fingerprint density at radius 1 is 1.32 bits per heavy atom. The summed E-state index contributed by atoms with van der Waals surface area (Å²) in [6.45, 7) is 2.85. The maximum absolute atomic E-state index is 11.4. The Kier molecular flexibility index (Phi) is 5.01. The van der Waals surface area contributed by atoms with Gasteiger partial charge < -0.3 is 10.6 Å². The van der Waals surface area contributed by atoms with Gasteiger partial charge in [0.2, 0.25) is 5.91 Å². The van der Waals surface area contributed by atoms with E-state index in [2.05, 4.69) is 22.8 Å². The zero-order chi connectivity index (χ0) is 13.5. The molecule has 0 aliphatic heterocycles. The lowest BCUT2D eigenvalue weighted by molar-refractivity contribution is -0.115. The number of anilines is 2. The van der Waals surface area contributed by atoms with Crippen molar-refractivity contribution in [2.24, 2.45) is 5.92 Å². The molecule has 0 fully saturated rings. The van der Waals surface area contributed by atoms with E-state index in [4.69, 9.17) is 0 Å². The van der Waals surface area contributed by atoms with Crippen LogP contribution in [0, 0.1) is 5.92 Å². The Morgan fingerprint density at radius 2 is 2.16 bits per heavy atom. The van der Waals surface area contributed by atoms with Gasteiger partial charge in [0, 0.05) is 24.3 Å². The minimum atomic E-state index is 0.0505. The molecule has 0 heterocycles. The highest BCUT2D eigenvalue weighted by Crippen LogP contribution is 2.20. The van der Waals surface area contributed by atoms with Gasteiger partial charge in [0.25, 0.3) is 0 Å². The zero-order valence-corrected chi connectivity index (χ0v) is 11.5. The van der Waals surface area contributed by atoms with E-state index in [0.29, 0.717) is 6.42 Å². The molecule has 0 spiro atoms. The smallest absolute Gasteiger partial charge is 0.224 e. The Hall–Kier alpha value is -1.77. The standard InChI is InChI=1S/C16H22N2O/c1-2-16(19)18-15-10-6-9-14(11-15)17-12-13-7-4-3-5-8-13/h3-4,6,9-11,13,17H,2,5,7-8,12H2,1H3,(H,18,19). The summed E-state index contributed by atoms with van der Waals surface area (Å²) in [7, 11) is 0. The predicted octanol–water partition coefficient (Wildman–Crippen LogP) is 3.80. The Labute approximate surface area is 115 Å². The van der Waals surface area contributed by atoms with Gasteiger partial charge in [0.1, 0.15) is 0 Å². The van der Waals surface area contributed by atoms with Crippen LogP contribution in [0.25, 0.3) is 0 Å². The van der Waals surface area contributed by atoms with Crippen LogP contribution in [0.3, 0.4) is 0 Å². The average Bonchev–Trinajstić information content (AvgIpc) is 2.46. The van der Waals surface area contributed by atoms with Crippen molar-refractivity contribution in [2.45, 2.75) is 32.6 Å². The van der Waals surface area contributed by atoms with Crippen LogP contribution >= 0.6 is 0 Å². The summed E-state index contributed by atoms with van der Waals surface area (Å²) < 4.78 is 0. The van der Waals surface area contributed by atoms with Gasteiger partial charge in [-0.15, -0.1) is 0 Å². The second-order valence-corrected chi connectivity index (χ2v) is 5.01. The number of amides is 1. The van der Waals surface area contributed by atoms with Crippen molar-refractivity contribution in [1.82, 2.24) is 0 Å². The lowest BCUT2D eigenvalue weighted by Crippen LogP contribution is -2.15. The number of carbonyl (C=O) groups is 1. The van der Waals surface area contributed by atoms with Gasteiger partial charge >= 0.3 is 0 Å². The van der Waals surface area contributed by atoms with E-state index in [1.54, 1.807) is 0 Å². The van der Waals surface area contributed by atoms with E-state index in [9.17, 15) is 4.79 Å². The van der Waals surface area contributed by atoms with E-state index in [-0.39, 0.29) is 5.91 Å². The van der Waals surface area contributed by atoms with E-state index < -0.39 is 0 Å². The molecule has 1 aromatic carbocycles. The first-order valence-electron chi connectivity index (χ1n) is 7.06. The molecular weight excluding hydrogens is 236 g/mol. The third-order valence-corrected chi connectivity index (χ3v) is 3.44. The van der Waals surface area contributed by atoms with Crippen molar-refractivity contribution in [3.63, 3.8) is 0 Å². The van der Waals surface area contributed by atoms with Gasteiger partial charge in [-0.2, -0.15) is 0 Å². The summed E-state index contributed by atoms with van der Waals surface area (Å²) in [6, 6.07) is 7.92. The van der Waals surface area contributed by atoms with E-state index >= 15 is 0 Å². The second-order valence-electron chi connectivity index (χ2n) is 5.01. The van der Waals surface area contributed by atoms with Crippen LogP contribution in [0.4, 0.5) is 11.4 Å². The van der Waals surface area contributed by atoms with E-state index in [0.717, 1.165) is 23.8 Å². The van der Waals surface area contributed by atoms with E-state index in [1.165, 1.54) is 19.3 Å². The molecule has 1 atom stereocenters. The van der Waals surface area contributed by atoms with Gasteiger partial charge in [-0.05, 0) is 43.4 Å². The quantitative estimate of drug-likeness (QED) is 0.789. The Bertz CT molecular complexity index is 454. The third-order valence-electron chi connectivity index (χ3n) is 3.44. The number of allylic oxidation sites excluding steroid dienone is 2. The fraction of sp³-hybridized carbons (Fsp3) is 0.438. The maximum atomic E-state index is 11.4. The van der Waals surface area contributed by atoms with Gasteiger partial charge in [-0.25, -0.2) is 0 Å². The van der Waals surface area contributed by atoms with Crippen LogP contribution < -0.4 is 10.6 Å². The van der Waals surface area contributed by atoms with Crippen LogP contribution in [0.2, 0.25) is 0 Å². The fourth-order valence-electron chi connectivity index (χ4n) is 2.26. The summed E-state index contributed by atoms with van der Waals surface area (Å²) in [5.41, 5.74) is 1.93. The first-order valence-corrected chi connectivity index (χ1v) is 7.06. The Balaban J connectivity index is 1.87. The lowest BCUT2D eigenvalue weighted by atomic mass is 9.94. The molecule has 1 aromatic rings. The largest absolute Gasteiger partial charge is 0.385 e. The van der Waals surface area contributed by atoms with Crippen LogP contribution in [0.1, 0.15) is 32.6 Å². The highest BCUT2D eigenvalue weighted by Gasteiger charge is 2.09. The number of carbonyl (C=O) groups excluding carboxylic acids is 1. The minimum Gasteiger partial charge on any atom is -0.385 e. The number of nitrogens with one attached hydrogen (secondary N) is 2. The highest BCUT2D eigenvalue weighted by molar-refractivity contribution is 5.90. The molecule has 2 N–H and O–H groups in total. The van der Waals surface area contributed by atoms with Gasteiger partial charge in [0.05, 0.1) is 0 Å². The maximum Gasteiger partial charge on any atom is 0.224 e. The van der Waals surface area contributed by atoms with Crippen molar-refractivity contribution < 1.29 is 4.79 Å². The zero-order valence-electron chi connectivity index (χ0n) is 11.5. The van der Waals surface area contributed by atoms with Crippen molar-refractivity contribution in [3.8, 4) is 0 Å².